The Labute approximate surface area is 172 Å². The van der Waals surface area contributed by atoms with Crippen molar-refractivity contribution >= 4 is 22.7 Å². The van der Waals surface area contributed by atoms with Crippen LogP contribution < -0.4 is 5.32 Å². The lowest BCUT2D eigenvalue weighted by molar-refractivity contribution is -0.144. The fourth-order valence-electron chi connectivity index (χ4n) is 3.04. The monoisotopic (exact) mass is 417 g/mol. The van der Waals surface area contributed by atoms with E-state index in [0.29, 0.717) is 11.8 Å². The third kappa shape index (κ3) is 5.25. The van der Waals surface area contributed by atoms with Gasteiger partial charge in [0.15, 0.2) is 0 Å². The number of hydrogen-bond acceptors (Lipinski definition) is 5. The van der Waals surface area contributed by atoms with E-state index in [2.05, 4.69) is 15.3 Å². The molecule has 1 atom stereocenters. The molecule has 0 amide bonds. The van der Waals surface area contributed by atoms with Crippen LogP contribution >= 0.6 is 0 Å². The van der Waals surface area contributed by atoms with Crippen molar-refractivity contribution in [2.45, 2.75) is 38.9 Å². The molecule has 0 aliphatic heterocycles. The molecule has 0 fully saturated rings. The van der Waals surface area contributed by atoms with Gasteiger partial charge >= 0.3 is 12.1 Å². The summed E-state index contributed by atoms with van der Waals surface area (Å²) >= 11 is 0. The second-order valence-electron chi connectivity index (χ2n) is 6.92. The van der Waals surface area contributed by atoms with Crippen LogP contribution in [0.1, 0.15) is 42.0 Å². The standard InChI is InChI=1S/C22H22F3N3O2/c1-3-30-20(29)16-11-12-18-17(13-16)19(28-21(27-18)22(23,24)25)26-14(2)9-10-15-7-5-4-6-8-15/h4-8,11-14H,3,9-10H2,1-2H3,(H,26,27,28). The van der Waals surface area contributed by atoms with Crippen LogP contribution in [-0.4, -0.2) is 28.6 Å². The number of carbonyl (C=O) groups is 1. The summed E-state index contributed by atoms with van der Waals surface area (Å²) in [5.74, 6) is -1.74. The molecule has 0 aliphatic rings. The predicted octanol–water partition coefficient (Wildman–Crippen LogP) is 5.26. The number of fused-ring (bicyclic) bond motifs is 1. The molecule has 5 nitrogen and oxygen atoms in total. The van der Waals surface area contributed by atoms with Crippen LogP contribution in [0, 0.1) is 0 Å². The average Bonchev–Trinajstić information content (AvgIpc) is 2.72. The van der Waals surface area contributed by atoms with Crippen LogP contribution in [0.5, 0.6) is 0 Å². The predicted molar refractivity (Wildman–Crippen MR) is 108 cm³/mol. The minimum absolute atomic E-state index is 0.0408. The first-order valence-electron chi connectivity index (χ1n) is 9.64. The smallest absolute Gasteiger partial charge is 0.451 e. The normalized spacial score (nSPS) is 12.6. The van der Waals surface area contributed by atoms with Crippen LogP contribution in [-0.2, 0) is 17.3 Å². The van der Waals surface area contributed by atoms with Gasteiger partial charge in [0.1, 0.15) is 5.82 Å². The number of hydrogen-bond donors (Lipinski definition) is 1. The second-order valence-corrected chi connectivity index (χ2v) is 6.92. The maximum Gasteiger partial charge on any atom is 0.451 e. The molecule has 0 saturated heterocycles. The first-order chi connectivity index (χ1) is 14.3. The summed E-state index contributed by atoms with van der Waals surface area (Å²) < 4.78 is 44.8. The van der Waals surface area contributed by atoms with E-state index in [-0.39, 0.29) is 29.5 Å². The first kappa shape index (κ1) is 21.5. The van der Waals surface area contributed by atoms with Gasteiger partial charge in [0.2, 0.25) is 5.82 Å². The van der Waals surface area contributed by atoms with Crippen LogP contribution in [0.15, 0.2) is 48.5 Å². The number of esters is 1. The Morgan fingerprint density at radius 1 is 1.13 bits per heavy atom. The fraction of sp³-hybridized carbons (Fsp3) is 0.318. The van der Waals surface area contributed by atoms with Gasteiger partial charge < -0.3 is 10.1 Å². The maximum atomic E-state index is 13.3. The third-order valence-corrected chi connectivity index (χ3v) is 4.55. The van der Waals surface area contributed by atoms with Gasteiger partial charge in [0.25, 0.3) is 0 Å². The van der Waals surface area contributed by atoms with Crippen LogP contribution in [0.25, 0.3) is 10.9 Å². The van der Waals surface area contributed by atoms with E-state index in [1.165, 1.54) is 18.2 Å². The number of nitrogens with one attached hydrogen (secondary N) is 1. The molecule has 0 spiro atoms. The first-order valence-corrected chi connectivity index (χ1v) is 9.64. The molecular weight excluding hydrogens is 395 g/mol. The minimum Gasteiger partial charge on any atom is -0.462 e. The highest BCUT2D eigenvalue weighted by Gasteiger charge is 2.35. The second kappa shape index (κ2) is 9.11. The summed E-state index contributed by atoms with van der Waals surface area (Å²) in [6, 6.07) is 13.9. The molecule has 3 rings (SSSR count). The van der Waals surface area contributed by atoms with Crippen molar-refractivity contribution < 1.29 is 22.7 Å². The van der Waals surface area contributed by atoms with Gasteiger partial charge in [-0.15, -0.1) is 0 Å². The van der Waals surface area contributed by atoms with Crippen molar-refractivity contribution in [3.05, 3.63) is 65.5 Å². The zero-order valence-electron chi connectivity index (χ0n) is 16.7. The molecule has 1 aromatic heterocycles. The Hall–Kier alpha value is -3.16. The number of nitrogens with zero attached hydrogens (tertiary/aromatic N) is 2. The number of anilines is 1. The summed E-state index contributed by atoms with van der Waals surface area (Å²) in [5.41, 5.74) is 1.47. The van der Waals surface area contributed by atoms with E-state index in [0.717, 1.165) is 12.0 Å². The molecule has 1 heterocycles. The van der Waals surface area contributed by atoms with Gasteiger partial charge in [-0.1, -0.05) is 30.3 Å². The van der Waals surface area contributed by atoms with Gasteiger partial charge in [-0.2, -0.15) is 13.2 Å². The quantitative estimate of drug-likeness (QED) is 0.532. The van der Waals surface area contributed by atoms with Gasteiger partial charge in [-0.05, 0) is 50.5 Å². The van der Waals surface area contributed by atoms with Crippen LogP contribution in [0.4, 0.5) is 19.0 Å². The fourth-order valence-corrected chi connectivity index (χ4v) is 3.04. The van der Waals surface area contributed by atoms with Crippen molar-refractivity contribution in [2.24, 2.45) is 0 Å². The van der Waals surface area contributed by atoms with Crippen molar-refractivity contribution in [2.75, 3.05) is 11.9 Å². The van der Waals surface area contributed by atoms with E-state index < -0.39 is 18.0 Å². The van der Waals surface area contributed by atoms with Crippen LogP contribution in [0.3, 0.4) is 0 Å². The average molecular weight is 417 g/mol. The molecule has 8 heteroatoms. The molecule has 1 unspecified atom stereocenters. The zero-order valence-corrected chi connectivity index (χ0v) is 16.7. The Bertz CT molecular complexity index is 1020. The number of benzene rings is 2. The van der Waals surface area contributed by atoms with E-state index in [1.54, 1.807) is 6.92 Å². The number of rotatable bonds is 7. The summed E-state index contributed by atoms with van der Waals surface area (Å²) in [6.07, 6.45) is -3.23. The van der Waals surface area contributed by atoms with Crippen molar-refractivity contribution in [1.29, 1.82) is 0 Å². The Kier molecular flexibility index (Phi) is 6.54. The highest BCUT2D eigenvalue weighted by Crippen LogP contribution is 2.31. The molecule has 0 aliphatic carbocycles. The van der Waals surface area contributed by atoms with Crippen LogP contribution in [0.2, 0.25) is 0 Å². The lowest BCUT2D eigenvalue weighted by atomic mass is 10.1. The molecule has 1 N–H and O–H groups in total. The summed E-state index contributed by atoms with van der Waals surface area (Å²) in [5, 5.41) is 3.40. The molecule has 30 heavy (non-hydrogen) atoms. The van der Waals surface area contributed by atoms with E-state index in [4.69, 9.17) is 4.74 Å². The molecular formula is C22H22F3N3O2. The minimum atomic E-state index is -4.68. The van der Waals surface area contributed by atoms with Gasteiger partial charge in [-0.3, -0.25) is 0 Å². The number of ether oxygens (including phenoxy) is 1. The molecule has 158 valence electrons. The van der Waals surface area contributed by atoms with Gasteiger partial charge in [0.05, 0.1) is 17.7 Å². The van der Waals surface area contributed by atoms with E-state index in [1.807, 2.05) is 37.3 Å². The van der Waals surface area contributed by atoms with Crippen molar-refractivity contribution in [3.8, 4) is 0 Å². The SMILES string of the molecule is CCOC(=O)c1ccc2nc(C(F)(F)F)nc(NC(C)CCc3ccccc3)c2c1. The Balaban J connectivity index is 1.92. The van der Waals surface area contributed by atoms with Gasteiger partial charge in [-0.25, -0.2) is 14.8 Å². The summed E-state index contributed by atoms with van der Waals surface area (Å²) in [7, 11) is 0. The Morgan fingerprint density at radius 2 is 1.87 bits per heavy atom. The van der Waals surface area contributed by atoms with Crippen molar-refractivity contribution in [1.82, 2.24) is 9.97 Å². The third-order valence-electron chi connectivity index (χ3n) is 4.55. The summed E-state index contributed by atoms with van der Waals surface area (Å²) in [6.45, 7) is 3.75. The zero-order chi connectivity index (χ0) is 21.7. The van der Waals surface area contributed by atoms with Gasteiger partial charge in [0, 0.05) is 11.4 Å². The molecule has 2 aromatic carbocycles. The highest BCUT2D eigenvalue weighted by atomic mass is 19.4. The largest absolute Gasteiger partial charge is 0.462 e. The lowest BCUT2D eigenvalue weighted by Gasteiger charge is -2.18. The summed E-state index contributed by atoms with van der Waals surface area (Å²) in [4.78, 5) is 19.4. The maximum absolute atomic E-state index is 13.3. The molecule has 0 radical (unpaired) electrons. The lowest BCUT2D eigenvalue weighted by Crippen LogP contribution is -2.20. The number of alkyl halides is 3. The number of carbonyl (C=O) groups excluding carboxylic acids is 1. The molecule has 0 saturated carbocycles. The highest BCUT2D eigenvalue weighted by molar-refractivity contribution is 5.98. The van der Waals surface area contributed by atoms with E-state index >= 15 is 0 Å². The van der Waals surface area contributed by atoms with E-state index in [9.17, 15) is 18.0 Å². The Morgan fingerprint density at radius 3 is 2.53 bits per heavy atom. The number of halogens is 3. The van der Waals surface area contributed by atoms with Crippen molar-refractivity contribution in [3.63, 3.8) is 0 Å². The molecule has 3 aromatic rings. The topological polar surface area (TPSA) is 64.1 Å². The number of aromatic nitrogens is 2. The molecule has 0 bridgehead atoms. The number of aryl methyl sites for hydroxylation is 1.